The molecule has 0 aromatic rings. The molecule has 1 aliphatic rings. The van der Waals surface area contributed by atoms with Crippen molar-refractivity contribution in [3.05, 3.63) is 12.7 Å². The lowest BCUT2D eigenvalue weighted by Gasteiger charge is -2.24. The number of carbonyl (C=O) groups is 1. The lowest BCUT2D eigenvalue weighted by atomic mass is 9.93. The largest absolute Gasteiger partial charge is 0.476 e. The fourth-order valence-electron chi connectivity index (χ4n) is 0.704. The van der Waals surface area contributed by atoms with Crippen LogP contribution in [0.4, 0.5) is 0 Å². The van der Waals surface area contributed by atoms with Gasteiger partial charge in [-0.3, -0.25) is 4.79 Å². The summed E-state index contributed by atoms with van der Waals surface area (Å²) in [5.74, 6) is 0.188. The third kappa shape index (κ3) is 1.48. The Hall–Kier alpha value is -1.12. The molecule has 3 nitrogen and oxygen atoms in total. The summed E-state index contributed by atoms with van der Waals surface area (Å²) >= 11 is 0. The average molecular weight is 153 g/mol. The zero-order valence-corrected chi connectivity index (χ0v) is 6.76. The van der Waals surface area contributed by atoms with E-state index in [1.807, 2.05) is 0 Å². The van der Waals surface area contributed by atoms with E-state index in [2.05, 4.69) is 11.6 Å². The minimum absolute atomic E-state index is 0.140. The van der Waals surface area contributed by atoms with Crippen LogP contribution in [0, 0.1) is 5.41 Å². The molecular formula is C8H11NO2. The van der Waals surface area contributed by atoms with Gasteiger partial charge in [0.15, 0.2) is 0 Å². The van der Waals surface area contributed by atoms with E-state index in [1.165, 1.54) is 6.08 Å². The average Bonchev–Trinajstić information content (AvgIpc) is 1.95. The Labute approximate surface area is 65.8 Å². The smallest absolute Gasteiger partial charge is 0.258 e. The van der Waals surface area contributed by atoms with Crippen LogP contribution in [0.5, 0.6) is 0 Å². The maximum atomic E-state index is 11.2. The second-order valence-electron chi connectivity index (χ2n) is 3.13. The first-order valence-corrected chi connectivity index (χ1v) is 3.44. The first-order valence-electron chi connectivity index (χ1n) is 3.44. The highest BCUT2D eigenvalue weighted by Gasteiger charge is 2.32. The van der Waals surface area contributed by atoms with Crippen LogP contribution in [-0.2, 0) is 9.53 Å². The summed E-state index contributed by atoms with van der Waals surface area (Å²) in [5.41, 5.74) is -0.480. The fraction of sp³-hybridized carbons (Fsp3) is 0.500. The quantitative estimate of drug-likeness (QED) is 0.567. The third-order valence-corrected chi connectivity index (χ3v) is 1.55. The predicted molar refractivity (Wildman–Crippen MR) is 42.4 cm³/mol. The molecule has 0 aromatic carbocycles. The number of carbonyl (C=O) groups excluding carboxylic acids is 1. The maximum Gasteiger partial charge on any atom is 0.258 e. The van der Waals surface area contributed by atoms with E-state index in [0.717, 1.165) is 0 Å². The highest BCUT2D eigenvalue weighted by molar-refractivity contribution is 6.00. The van der Waals surface area contributed by atoms with Gasteiger partial charge >= 0.3 is 0 Å². The topological polar surface area (TPSA) is 38.7 Å². The minimum atomic E-state index is -0.480. The molecule has 1 rings (SSSR count). The number of nitrogens with zero attached hydrogens (tertiary/aromatic N) is 1. The molecule has 1 amide bonds. The lowest BCUT2D eigenvalue weighted by Crippen LogP contribution is -2.34. The summed E-state index contributed by atoms with van der Waals surface area (Å²) in [4.78, 5) is 14.9. The highest BCUT2D eigenvalue weighted by atomic mass is 16.5. The molecule has 1 heterocycles. The molecule has 3 heteroatoms. The minimum Gasteiger partial charge on any atom is -0.476 e. The van der Waals surface area contributed by atoms with Gasteiger partial charge in [0, 0.05) is 0 Å². The second kappa shape index (κ2) is 2.49. The summed E-state index contributed by atoms with van der Waals surface area (Å²) in [6.45, 7) is 7.45. The molecule has 0 bridgehead atoms. The number of amides is 1. The van der Waals surface area contributed by atoms with Crippen LogP contribution in [0.15, 0.2) is 17.6 Å². The first kappa shape index (κ1) is 7.98. The Bertz CT molecular complexity index is 228. The molecule has 0 N–H and O–H groups in total. The standard InChI is InChI=1S/C8H11NO2/c1-4-6-9-7(10)8(2,3)5-11-6/h4H,1,5H2,2-3H3. The van der Waals surface area contributed by atoms with Gasteiger partial charge in [0.05, 0.1) is 5.41 Å². The second-order valence-corrected chi connectivity index (χ2v) is 3.13. The molecule has 0 unspecified atom stereocenters. The summed E-state index contributed by atoms with van der Waals surface area (Å²) < 4.78 is 5.12. The Balaban J connectivity index is 2.87. The van der Waals surface area contributed by atoms with E-state index in [4.69, 9.17) is 4.74 Å². The first-order chi connectivity index (χ1) is 5.06. The fourth-order valence-corrected chi connectivity index (χ4v) is 0.704. The van der Waals surface area contributed by atoms with E-state index in [9.17, 15) is 4.79 Å². The van der Waals surface area contributed by atoms with Crippen LogP contribution in [0.3, 0.4) is 0 Å². The summed E-state index contributed by atoms with van der Waals surface area (Å²) in [7, 11) is 0. The van der Waals surface area contributed by atoms with E-state index in [0.29, 0.717) is 12.5 Å². The van der Waals surface area contributed by atoms with Crippen molar-refractivity contribution < 1.29 is 9.53 Å². The number of aliphatic imine (C=N–C) groups is 1. The maximum absolute atomic E-state index is 11.2. The molecule has 0 radical (unpaired) electrons. The van der Waals surface area contributed by atoms with Gasteiger partial charge in [-0.15, -0.1) is 0 Å². The van der Waals surface area contributed by atoms with Crippen LogP contribution in [0.1, 0.15) is 13.8 Å². The molecular weight excluding hydrogens is 142 g/mol. The van der Waals surface area contributed by atoms with E-state index < -0.39 is 5.41 Å². The van der Waals surface area contributed by atoms with Gasteiger partial charge in [0.2, 0.25) is 5.90 Å². The zero-order valence-electron chi connectivity index (χ0n) is 6.76. The molecule has 0 aromatic heterocycles. The van der Waals surface area contributed by atoms with Gasteiger partial charge in [0.25, 0.3) is 5.91 Å². The van der Waals surface area contributed by atoms with Crippen molar-refractivity contribution in [2.45, 2.75) is 13.8 Å². The van der Waals surface area contributed by atoms with Gasteiger partial charge < -0.3 is 4.74 Å². The van der Waals surface area contributed by atoms with Crippen molar-refractivity contribution >= 4 is 11.8 Å². The summed E-state index contributed by atoms with van der Waals surface area (Å²) in [6.07, 6.45) is 1.44. The van der Waals surface area contributed by atoms with Gasteiger partial charge in [0.1, 0.15) is 6.61 Å². The van der Waals surface area contributed by atoms with Gasteiger partial charge in [-0.1, -0.05) is 6.58 Å². The Morgan fingerprint density at radius 2 is 2.36 bits per heavy atom. The Morgan fingerprint density at radius 1 is 1.73 bits per heavy atom. The van der Waals surface area contributed by atoms with Gasteiger partial charge in [-0.05, 0) is 19.9 Å². The molecule has 0 saturated heterocycles. The van der Waals surface area contributed by atoms with Crippen LogP contribution in [-0.4, -0.2) is 18.4 Å². The summed E-state index contributed by atoms with van der Waals surface area (Å²) in [5, 5.41) is 0. The van der Waals surface area contributed by atoms with E-state index in [1.54, 1.807) is 13.8 Å². The van der Waals surface area contributed by atoms with Crippen molar-refractivity contribution in [1.29, 1.82) is 0 Å². The highest BCUT2D eigenvalue weighted by Crippen LogP contribution is 2.21. The normalized spacial score (nSPS) is 22.0. The molecule has 1 aliphatic heterocycles. The monoisotopic (exact) mass is 153 g/mol. The third-order valence-electron chi connectivity index (χ3n) is 1.55. The van der Waals surface area contributed by atoms with Gasteiger partial charge in [-0.25, -0.2) is 0 Å². The predicted octanol–water partition coefficient (Wildman–Crippen LogP) is 1.15. The molecule has 0 atom stereocenters. The number of ether oxygens (including phenoxy) is 1. The molecule has 0 aliphatic carbocycles. The molecule has 60 valence electrons. The van der Waals surface area contributed by atoms with Crippen LogP contribution < -0.4 is 0 Å². The van der Waals surface area contributed by atoms with E-state index in [-0.39, 0.29) is 5.91 Å². The lowest BCUT2D eigenvalue weighted by molar-refractivity contribution is -0.128. The number of hydrogen-bond acceptors (Lipinski definition) is 2. The molecule has 0 saturated carbocycles. The molecule has 0 spiro atoms. The van der Waals surface area contributed by atoms with E-state index >= 15 is 0 Å². The SMILES string of the molecule is C=CC1=NC(=O)C(C)(C)CO1. The van der Waals surface area contributed by atoms with Crippen molar-refractivity contribution in [2.24, 2.45) is 10.4 Å². The number of rotatable bonds is 1. The molecule has 0 fully saturated rings. The molecule has 11 heavy (non-hydrogen) atoms. The van der Waals surface area contributed by atoms with Crippen LogP contribution >= 0.6 is 0 Å². The van der Waals surface area contributed by atoms with Crippen molar-refractivity contribution in [1.82, 2.24) is 0 Å². The Morgan fingerprint density at radius 3 is 2.82 bits per heavy atom. The Kier molecular flexibility index (Phi) is 1.81. The number of hydrogen-bond donors (Lipinski definition) is 0. The zero-order chi connectivity index (χ0) is 8.48. The van der Waals surface area contributed by atoms with Crippen LogP contribution in [0.25, 0.3) is 0 Å². The van der Waals surface area contributed by atoms with Crippen LogP contribution in [0.2, 0.25) is 0 Å². The van der Waals surface area contributed by atoms with Crippen molar-refractivity contribution in [2.75, 3.05) is 6.61 Å². The van der Waals surface area contributed by atoms with Crippen molar-refractivity contribution in [3.63, 3.8) is 0 Å². The summed E-state index contributed by atoms with van der Waals surface area (Å²) in [6, 6.07) is 0. The van der Waals surface area contributed by atoms with Gasteiger partial charge in [-0.2, -0.15) is 4.99 Å². The van der Waals surface area contributed by atoms with Crippen molar-refractivity contribution in [3.8, 4) is 0 Å².